The first-order chi connectivity index (χ1) is 15.3. The lowest BCUT2D eigenvalue weighted by atomic mass is 9.99. The minimum atomic E-state index is -4.53. The molecule has 1 saturated carbocycles. The number of carbonyl (C=O) groups excluding carboxylic acids is 1. The largest absolute Gasteiger partial charge is 0.477 e. The number of nitrogens with zero attached hydrogens (tertiary/aromatic N) is 5. The van der Waals surface area contributed by atoms with Crippen molar-refractivity contribution >= 4 is 11.7 Å². The molecule has 10 heteroatoms. The van der Waals surface area contributed by atoms with E-state index < -0.39 is 17.5 Å². The van der Waals surface area contributed by atoms with Gasteiger partial charge in [-0.1, -0.05) is 0 Å². The van der Waals surface area contributed by atoms with E-state index >= 15 is 0 Å². The molecule has 1 aliphatic carbocycles. The Kier molecular flexibility index (Phi) is 5.91. The zero-order valence-electron chi connectivity index (χ0n) is 17.3. The number of anilines is 1. The molecule has 7 nitrogen and oxygen atoms in total. The molecule has 1 aliphatic heterocycles. The number of ether oxygens (including phenoxy) is 1. The number of piperazine rings is 1. The number of rotatable bonds is 4. The minimum absolute atomic E-state index is 0.0717. The summed E-state index contributed by atoms with van der Waals surface area (Å²) in [5.41, 5.74) is -1.44. The van der Waals surface area contributed by atoms with Crippen molar-refractivity contribution in [1.82, 2.24) is 15.1 Å². The first kappa shape index (κ1) is 21.9. The van der Waals surface area contributed by atoms with Crippen LogP contribution in [0.5, 0.6) is 5.75 Å². The van der Waals surface area contributed by atoms with E-state index in [0.29, 0.717) is 56.2 Å². The molecule has 1 saturated heterocycles. The molecule has 1 amide bonds. The molecule has 4 rings (SSSR count). The highest BCUT2D eigenvalue weighted by molar-refractivity contribution is 5.86. The Balaban J connectivity index is 1.41. The van der Waals surface area contributed by atoms with Crippen LogP contribution in [-0.4, -0.2) is 52.8 Å². The van der Waals surface area contributed by atoms with Crippen LogP contribution in [0.2, 0.25) is 0 Å². The smallest absolute Gasteiger partial charge is 0.435 e. The maximum absolute atomic E-state index is 13.4. The Morgan fingerprint density at radius 2 is 1.66 bits per heavy atom. The monoisotopic (exact) mass is 445 g/mol. The molecule has 1 aromatic carbocycles. The van der Waals surface area contributed by atoms with Crippen LogP contribution in [0.1, 0.15) is 36.9 Å². The van der Waals surface area contributed by atoms with E-state index in [4.69, 9.17) is 10.00 Å². The molecule has 2 heterocycles. The highest BCUT2D eigenvalue weighted by atomic mass is 19.4. The predicted molar refractivity (Wildman–Crippen MR) is 109 cm³/mol. The van der Waals surface area contributed by atoms with Gasteiger partial charge in [-0.3, -0.25) is 4.79 Å². The Morgan fingerprint density at radius 3 is 2.19 bits per heavy atom. The number of carbonyl (C=O) groups is 1. The molecule has 0 radical (unpaired) electrons. The van der Waals surface area contributed by atoms with Crippen molar-refractivity contribution < 1.29 is 22.7 Å². The van der Waals surface area contributed by atoms with Gasteiger partial charge in [0.2, 0.25) is 0 Å². The van der Waals surface area contributed by atoms with Crippen molar-refractivity contribution in [2.24, 2.45) is 0 Å². The summed E-state index contributed by atoms with van der Waals surface area (Å²) in [5, 5.41) is 15.9. The van der Waals surface area contributed by atoms with Crippen molar-refractivity contribution in [2.75, 3.05) is 31.1 Å². The Hall–Kier alpha value is -3.35. The summed E-state index contributed by atoms with van der Waals surface area (Å²) >= 11 is 0. The van der Waals surface area contributed by atoms with Crippen LogP contribution in [-0.2, 0) is 11.0 Å². The highest BCUT2D eigenvalue weighted by Crippen LogP contribution is 2.36. The van der Waals surface area contributed by atoms with E-state index in [9.17, 15) is 18.0 Å². The lowest BCUT2D eigenvalue weighted by molar-refractivity contribution is -0.148. The maximum atomic E-state index is 13.4. The molecular formula is C22H22F3N5O2. The second-order valence-electron chi connectivity index (χ2n) is 7.99. The van der Waals surface area contributed by atoms with Gasteiger partial charge in [-0.05, 0) is 62.1 Å². The normalized spacial score (nSPS) is 18.3. The molecule has 0 atom stereocenters. The molecule has 0 spiro atoms. The number of nitriles is 1. The summed E-state index contributed by atoms with van der Waals surface area (Å²) in [4.78, 5) is 17.0. The predicted octanol–water partition coefficient (Wildman–Crippen LogP) is 3.41. The Bertz CT molecular complexity index is 988. The van der Waals surface area contributed by atoms with E-state index in [1.54, 1.807) is 29.2 Å². The molecule has 0 unspecified atom stereocenters. The average Bonchev–Trinajstić information content (AvgIpc) is 3.28. The number of benzene rings is 1. The van der Waals surface area contributed by atoms with Gasteiger partial charge in [0.25, 0.3) is 5.91 Å². The SMILES string of the molecule is N#Cc1ccc(OC2(C(=O)N3CCN(c4ccc(C(F)(F)F)nn4)CC3)CCCC2)cc1. The van der Waals surface area contributed by atoms with E-state index in [2.05, 4.69) is 16.3 Å². The van der Waals surface area contributed by atoms with Crippen LogP contribution >= 0.6 is 0 Å². The van der Waals surface area contributed by atoms with Crippen LogP contribution in [0.25, 0.3) is 0 Å². The number of hydrogen-bond donors (Lipinski definition) is 0. The van der Waals surface area contributed by atoms with Gasteiger partial charge in [-0.25, -0.2) is 0 Å². The van der Waals surface area contributed by atoms with Gasteiger partial charge in [-0.2, -0.15) is 18.4 Å². The maximum Gasteiger partial charge on any atom is 0.435 e. The average molecular weight is 445 g/mol. The fraction of sp³-hybridized carbons (Fsp3) is 0.455. The molecule has 168 valence electrons. The van der Waals surface area contributed by atoms with Crippen molar-refractivity contribution in [3.63, 3.8) is 0 Å². The van der Waals surface area contributed by atoms with Crippen LogP contribution in [0, 0.1) is 11.3 Å². The third kappa shape index (κ3) is 4.47. The highest BCUT2D eigenvalue weighted by Gasteiger charge is 2.46. The van der Waals surface area contributed by atoms with E-state index in [1.165, 1.54) is 6.07 Å². The van der Waals surface area contributed by atoms with Gasteiger partial charge in [0, 0.05) is 26.2 Å². The zero-order valence-corrected chi connectivity index (χ0v) is 17.3. The molecule has 2 aromatic rings. The number of aromatic nitrogens is 2. The molecule has 32 heavy (non-hydrogen) atoms. The van der Waals surface area contributed by atoms with Gasteiger partial charge in [-0.15, -0.1) is 10.2 Å². The minimum Gasteiger partial charge on any atom is -0.477 e. The van der Waals surface area contributed by atoms with Crippen molar-refractivity contribution in [3.05, 3.63) is 47.7 Å². The summed E-state index contributed by atoms with van der Waals surface area (Å²) in [6, 6.07) is 11.0. The third-order valence-corrected chi connectivity index (χ3v) is 5.93. The van der Waals surface area contributed by atoms with Gasteiger partial charge in [0.15, 0.2) is 17.1 Å². The summed E-state index contributed by atoms with van der Waals surface area (Å²) in [6.07, 6.45) is -1.50. The Morgan fingerprint density at radius 1 is 1.00 bits per heavy atom. The van der Waals surface area contributed by atoms with Gasteiger partial charge in [0.05, 0.1) is 11.6 Å². The summed E-state index contributed by atoms with van der Waals surface area (Å²) in [7, 11) is 0. The van der Waals surface area contributed by atoms with Crippen molar-refractivity contribution in [1.29, 1.82) is 5.26 Å². The number of halogens is 3. The van der Waals surface area contributed by atoms with Crippen molar-refractivity contribution in [2.45, 2.75) is 37.5 Å². The fourth-order valence-corrected chi connectivity index (χ4v) is 4.20. The van der Waals surface area contributed by atoms with Crippen LogP contribution in [0.15, 0.2) is 36.4 Å². The summed E-state index contributed by atoms with van der Waals surface area (Å²) in [5.74, 6) is 0.838. The lowest BCUT2D eigenvalue weighted by Gasteiger charge is -2.40. The fourth-order valence-electron chi connectivity index (χ4n) is 4.20. The van der Waals surface area contributed by atoms with Crippen molar-refractivity contribution in [3.8, 4) is 11.8 Å². The summed E-state index contributed by atoms with van der Waals surface area (Å²) in [6.45, 7) is 1.72. The second kappa shape index (κ2) is 8.65. The van der Waals surface area contributed by atoms with Gasteiger partial charge < -0.3 is 14.5 Å². The summed E-state index contributed by atoms with van der Waals surface area (Å²) < 4.78 is 44.3. The second-order valence-corrected chi connectivity index (χ2v) is 7.99. The van der Waals surface area contributed by atoms with Crippen LogP contribution < -0.4 is 9.64 Å². The molecule has 0 N–H and O–H groups in total. The quantitative estimate of drug-likeness (QED) is 0.718. The van der Waals surface area contributed by atoms with Gasteiger partial charge >= 0.3 is 6.18 Å². The molecule has 2 aliphatic rings. The standard InChI is InChI=1S/C22H22F3N5O2/c23-22(24,25)18-7-8-19(28-27-18)29-11-13-30(14-12-29)20(31)21(9-1-2-10-21)32-17-5-3-16(15-26)4-6-17/h3-8H,1-2,9-14H2. The topological polar surface area (TPSA) is 82.4 Å². The third-order valence-electron chi connectivity index (χ3n) is 5.93. The van der Waals surface area contributed by atoms with Gasteiger partial charge in [0.1, 0.15) is 5.75 Å². The first-order valence-corrected chi connectivity index (χ1v) is 10.5. The lowest BCUT2D eigenvalue weighted by Crippen LogP contribution is -2.57. The molecular weight excluding hydrogens is 423 g/mol. The van der Waals surface area contributed by atoms with E-state index in [-0.39, 0.29) is 5.91 Å². The molecule has 2 fully saturated rings. The van der Waals surface area contributed by atoms with Crippen LogP contribution in [0.3, 0.4) is 0 Å². The van der Waals surface area contributed by atoms with E-state index in [0.717, 1.165) is 18.9 Å². The first-order valence-electron chi connectivity index (χ1n) is 10.5. The zero-order chi connectivity index (χ0) is 22.8. The van der Waals surface area contributed by atoms with E-state index in [1.807, 2.05) is 4.90 Å². The number of amides is 1. The Labute approximate surface area is 183 Å². The molecule has 1 aromatic heterocycles. The number of hydrogen-bond acceptors (Lipinski definition) is 6. The molecule has 0 bridgehead atoms. The number of alkyl halides is 3. The van der Waals surface area contributed by atoms with Crippen LogP contribution in [0.4, 0.5) is 19.0 Å².